The fraction of sp³-hybridized carbons (Fsp3) is 0.438. The molecule has 1 unspecified atom stereocenters. The molecule has 2 aromatic rings. The van der Waals surface area contributed by atoms with E-state index in [0.29, 0.717) is 17.3 Å². The highest BCUT2D eigenvalue weighted by Crippen LogP contribution is 2.22. The number of nitrogens with zero attached hydrogens (tertiary/aromatic N) is 2. The van der Waals surface area contributed by atoms with Gasteiger partial charge in [0.25, 0.3) is 5.56 Å². The molecule has 1 aromatic heterocycles. The van der Waals surface area contributed by atoms with Crippen LogP contribution >= 0.6 is 0 Å². The van der Waals surface area contributed by atoms with Crippen molar-refractivity contribution in [2.45, 2.75) is 32.4 Å². The van der Waals surface area contributed by atoms with Gasteiger partial charge in [0.2, 0.25) is 5.91 Å². The Kier molecular flexibility index (Phi) is 3.95. The number of rotatable bonds is 3. The molecule has 24 heavy (non-hydrogen) atoms. The van der Waals surface area contributed by atoms with Crippen molar-refractivity contribution in [2.24, 2.45) is 0 Å². The summed E-state index contributed by atoms with van der Waals surface area (Å²) < 4.78 is 24.4. The predicted molar refractivity (Wildman–Crippen MR) is 90.6 cm³/mol. The van der Waals surface area contributed by atoms with E-state index in [2.05, 4.69) is 10.3 Å². The fourth-order valence-electron chi connectivity index (χ4n) is 3.09. The van der Waals surface area contributed by atoms with Crippen molar-refractivity contribution < 1.29 is 13.2 Å². The lowest BCUT2D eigenvalue weighted by molar-refractivity contribution is -0.123. The number of amides is 1. The maximum absolute atomic E-state index is 12.5. The number of carbonyl (C=O) groups excluding carboxylic acids is 1. The third-order valence-corrected chi connectivity index (χ3v) is 6.22. The van der Waals surface area contributed by atoms with Crippen LogP contribution in [-0.4, -0.2) is 40.9 Å². The van der Waals surface area contributed by atoms with Gasteiger partial charge in [-0.1, -0.05) is 12.1 Å². The number of carbonyl (C=O) groups is 1. The summed E-state index contributed by atoms with van der Waals surface area (Å²) in [5.41, 5.74) is 0.446. The Morgan fingerprint density at radius 1 is 1.42 bits per heavy atom. The van der Waals surface area contributed by atoms with Crippen molar-refractivity contribution in [3.8, 4) is 0 Å². The van der Waals surface area contributed by atoms with E-state index < -0.39 is 21.3 Å². The Hall–Kier alpha value is -2.22. The van der Waals surface area contributed by atoms with Crippen LogP contribution in [0.3, 0.4) is 0 Å². The van der Waals surface area contributed by atoms with Crippen LogP contribution in [0, 0.1) is 6.92 Å². The van der Waals surface area contributed by atoms with Crippen LogP contribution in [-0.2, 0) is 21.2 Å². The maximum Gasteiger partial charge on any atom is 0.261 e. The number of nitrogens with one attached hydrogen (secondary N) is 1. The van der Waals surface area contributed by atoms with Crippen LogP contribution in [0.4, 0.5) is 0 Å². The van der Waals surface area contributed by atoms with E-state index in [1.54, 1.807) is 19.1 Å². The minimum Gasteiger partial charge on any atom is -0.348 e. The molecule has 7 nitrogen and oxygen atoms in total. The van der Waals surface area contributed by atoms with Gasteiger partial charge in [0, 0.05) is 0 Å². The smallest absolute Gasteiger partial charge is 0.261 e. The molecule has 1 aromatic carbocycles. The van der Waals surface area contributed by atoms with E-state index in [1.807, 2.05) is 13.0 Å². The molecule has 2 heterocycles. The molecule has 0 saturated carbocycles. The van der Waals surface area contributed by atoms with Crippen molar-refractivity contribution in [1.29, 1.82) is 0 Å². The maximum atomic E-state index is 12.5. The highest BCUT2D eigenvalue weighted by molar-refractivity contribution is 7.91. The second kappa shape index (κ2) is 5.70. The fourth-order valence-corrected chi connectivity index (χ4v) is 5.18. The number of hydrogen-bond donors (Lipinski definition) is 1. The summed E-state index contributed by atoms with van der Waals surface area (Å²) in [6, 6.07) is 5.32. The largest absolute Gasteiger partial charge is 0.348 e. The highest BCUT2D eigenvalue weighted by Gasteiger charge is 2.39. The molecule has 0 spiro atoms. The van der Waals surface area contributed by atoms with Crippen LogP contribution < -0.4 is 10.9 Å². The molecule has 8 heteroatoms. The van der Waals surface area contributed by atoms with Crippen molar-refractivity contribution in [3.05, 3.63) is 40.4 Å². The van der Waals surface area contributed by atoms with E-state index in [4.69, 9.17) is 0 Å². The van der Waals surface area contributed by atoms with Gasteiger partial charge in [0.1, 0.15) is 6.54 Å². The van der Waals surface area contributed by atoms with Gasteiger partial charge in [0.05, 0.1) is 34.3 Å². The zero-order chi connectivity index (χ0) is 17.5. The summed E-state index contributed by atoms with van der Waals surface area (Å²) in [4.78, 5) is 29.0. The molecule has 1 saturated heterocycles. The molecule has 1 aliphatic heterocycles. The number of aryl methyl sites for hydroxylation is 1. The van der Waals surface area contributed by atoms with E-state index in [-0.39, 0.29) is 23.6 Å². The van der Waals surface area contributed by atoms with Gasteiger partial charge in [-0.05, 0) is 31.9 Å². The van der Waals surface area contributed by atoms with Crippen molar-refractivity contribution in [1.82, 2.24) is 14.9 Å². The van der Waals surface area contributed by atoms with Crippen LogP contribution in [0.5, 0.6) is 0 Å². The molecule has 3 rings (SSSR count). The van der Waals surface area contributed by atoms with E-state index in [9.17, 15) is 18.0 Å². The Morgan fingerprint density at radius 3 is 2.83 bits per heavy atom. The third kappa shape index (κ3) is 3.19. The Bertz CT molecular complexity index is 980. The lowest BCUT2D eigenvalue weighted by atomic mass is 10.0. The number of benzene rings is 1. The van der Waals surface area contributed by atoms with Gasteiger partial charge >= 0.3 is 0 Å². The number of aromatic nitrogens is 2. The molecule has 1 aliphatic rings. The molecular weight excluding hydrogens is 330 g/mol. The summed E-state index contributed by atoms with van der Waals surface area (Å²) >= 11 is 0. The predicted octanol–water partition coefficient (Wildman–Crippen LogP) is 0.398. The van der Waals surface area contributed by atoms with Crippen LogP contribution in [0.2, 0.25) is 0 Å². The Labute approximate surface area is 139 Å². The van der Waals surface area contributed by atoms with Crippen LogP contribution in [0.25, 0.3) is 10.9 Å². The molecule has 0 radical (unpaired) electrons. The Balaban J connectivity index is 1.82. The average Bonchev–Trinajstić information content (AvgIpc) is 2.76. The summed E-state index contributed by atoms with van der Waals surface area (Å²) in [5.74, 6) is -0.401. The molecule has 1 atom stereocenters. The van der Waals surface area contributed by atoms with Crippen molar-refractivity contribution >= 4 is 26.6 Å². The summed E-state index contributed by atoms with van der Waals surface area (Å²) in [6.45, 7) is 3.39. The van der Waals surface area contributed by atoms with Gasteiger partial charge in [-0.15, -0.1) is 0 Å². The first kappa shape index (κ1) is 16.6. The monoisotopic (exact) mass is 349 g/mol. The standard InChI is InChI=1S/C16H19N3O4S/c1-11-4-3-5-12-14(11)17-10-19(15(12)21)8-13(20)18-16(2)6-7-24(22,23)9-16/h3-5,10H,6-9H2,1-2H3,(H,18,20). The molecular formula is C16H19N3O4S. The summed E-state index contributed by atoms with van der Waals surface area (Å²) in [6.07, 6.45) is 1.73. The average molecular weight is 349 g/mol. The van der Waals surface area contributed by atoms with Gasteiger partial charge < -0.3 is 5.32 Å². The van der Waals surface area contributed by atoms with Gasteiger partial charge in [-0.3, -0.25) is 14.2 Å². The molecule has 1 fully saturated rings. The zero-order valence-corrected chi connectivity index (χ0v) is 14.4. The molecule has 1 amide bonds. The van der Waals surface area contributed by atoms with Gasteiger partial charge in [-0.2, -0.15) is 0 Å². The van der Waals surface area contributed by atoms with E-state index >= 15 is 0 Å². The number of hydrogen-bond acceptors (Lipinski definition) is 5. The first-order valence-electron chi connectivity index (χ1n) is 7.65. The normalized spacial score (nSPS) is 22.6. The number of sulfone groups is 1. The van der Waals surface area contributed by atoms with E-state index in [0.717, 1.165) is 5.56 Å². The second-order valence-corrected chi connectivity index (χ2v) is 8.78. The van der Waals surface area contributed by atoms with Gasteiger partial charge in [-0.25, -0.2) is 13.4 Å². The highest BCUT2D eigenvalue weighted by atomic mass is 32.2. The van der Waals surface area contributed by atoms with E-state index in [1.165, 1.54) is 10.9 Å². The zero-order valence-electron chi connectivity index (χ0n) is 13.6. The number of para-hydroxylation sites is 1. The number of fused-ring (bicyclic) bond motifs is 1. The first-order valence-corrected chi connectivity index (χ1v) is 9.47. The molecule has 1 N–H and O–H groups in total. The quantitative estimate of drug-likeness (QED) is 0.865. The topological polar surface area (TPSA) is 98.1 Å². The van der Waals surface area contributed by atoms with Crippen LogP contribution in [0.15, 0.2) is 29.3 Å². The minimum atomic E-state index is -3.11. The first-order chi connectivity index (χ1) is 11.2. The van der Waals surface area contributed by atoms with Crippen molar-refractivity contribution in [2.75, 3.05) is 11.5 Å². The molecule has 0 aliphatic carbocycles. The summed E-state index contributed by atoms with van der Waals surface area (Å²) in [7, 11) is -3.11. The SMILES string of the molecule is Cc1cccc2c(=O)n(CC(=O)NC3(C)CCS(=O)(=O)C3)cnc12. The van der Waals surface area contributed by atoms with Crippen molar-refractivity contribution in [3.63, 3.8) is 0 Å². The summed E-state index contributed by atoms with van der Waals surface area (Å²) in [5, 5.41) is 3.20. The molecule has 128 valence electrons. The van der Waals surface area contributed by atoms with Crippen LogP contribution in [0.1, 0.15) is 18.9 Å². The van der Waals surface area contributed by atoms with Gasteiger partial charge in [0.15, 0.2) is 9.84 Å². The second-order valence-electron chi connectivity index (χ2n) is 6.60. The third-order valence-electron chi connectivity index (χ3n) is 4.31. The Morgan fingerprint density at radius 2 is 2.17 bits per heavy atom. The lowest BCUT2D eigenvalue weighted by Gasteiger charge is -2.24. The molecule has 0 bridgehead atoms. The minimum absolute atomic E-state index is 0.0700. The lowest BCUT2D eigenvalue weighted by Crippen LogP contribution is -2.48.